The van der Waals surface area contributed by atoms with Crippen LogP contribution < -0.4 is 0 Å². The van der Waals surface area contributed by atoms with Crippen molar-refractivity contribution >= 4 is 17.9 Å². The molecule has 0 aromatic carbocycles. The first-order chi connectivity index (χ1) is 29.6. The number of carbonyl (C=O) groups is 3. The van der Waals surface area contributed by atoms with Crippen molar-refractivity contribution in [2.24, 2.45) is 0 Å². The highest BCUT2D eigenvalue weighted by atomic mass is 16.7. The van der Waals surface area contributed by atoms with E-state index in [1.165, 1.54) is 0 Å². The number of likely N-dealkylation sites (N-methyl/N-ethyl adjacent to an activating group) is 1. The zero-order valence-electron chi connectivity index (χ0n) is 38.8. The summed E-state index contributed by atoms with van der Waals surface area (Å²) in [4.78, 5) is 37.1. The summed E-state index contributed by atoms with van der Waals surface area (Å²) in [5.41, 5.74) is 0. The van der Waals surface area contributed by atoms with Gasteiger partial charge < -0.3 is 28.5 Å². The van der Waals surface area contributed by atoms with E-state index in [1.807, 2.05) is 21.1 Å². The largest absolute Gasteiger partial charge is 0.477 e. The Morgan fingerprint density at radius 3 is 1.31 bits per heavy atom. The maximum Gasteiger partial charge on any atom is 0.361 e. The summed E-state index contributed by atoms with van der Waals surface area (Å²) in [5, 5.41) is 9.64. The SMILES string of the molecule is CC/C=C\C/C=C\C/C=C\C/C=C\C/C=C\C/C=C\CCCCCCC(=O)OC(COC(=O)CCCCC/C=C\C/C=C\C/C=C\CC)COC(OCC[N+](C)(C)C)C(=O)O. The predicted octanol–water partition coefficient (Wildman–Crippen LogP) is 12.4. The van der Waals surface area contributed by atoms with Gasteiger partial charge in [0.05, 0.1) is 34.4 Å². The molecule has 0 heterocycles. The fourth-order valence-corrected chi connectivity index (χ4v) is 5.50. The van der Waals surface area contributed by atoms with Gasteiger partial charge >= 0.3 is 17.9 Å². The molecule has 0 radical (unpaired) electrons. The molecule has 0 fully saturated rings. The van der Waals surface area contributed by atoms with Crippen LogP contribution in [0.25, 0.3) is 0 Å². The van der Waals surface area contributed by atoms with Crippen LogP contribution in [0.4, 0.5) is 0 Å². The number of carboxylic acid groups (broad SMARTS) is 1. The van der Waals surface area contributed by atoms with Crippen LogP contribution in [0, 0.1) is 0 Å². The van der Waals surface area contributed by atoms with Crippen molar-refractivity contribution in [2.75, 3.05) is 47.5 Å². The number of nitrogens with zero attached hydrogens (tertiary/aromatic N) is 1. The van der Waals surface area contributed by atoms with E-state index in [1.54, 1.807) is 0 Å². The molecule has 9 nitrogen and oxygen atoms in total. The Morgan fingerprint density at radius 1 is 0.492 bits per heavy atom. The summed E-state index contributed by atoms with van der Waals surface area (Å²) in [7, 11) is 5.92. The molecule has 0 amide bonds. The van der Waals surface area contributed by atoms with Crippen molar-refractivity contribution < 1.29 is 42.9 Å². The van der Waals surface area contributed by atoms with Crippen LogP contribution in [0.5, 0.6) is 0 Å². The van der Waals surface area contributed by atoms with Crippen LogP contribution in [0.3, 0.4) is 0 Å². The molecule has 0 spiro atoms. The van der Waals surface area contributed by atoms with Crippen molar-refractivity contribution in [1.29, 1.82) is 0 Å². The molecule has 344 valence electrons. The van der Waals surface area contributed by atoms with Crippen LogP contribution in [0.15, 0.2) is 109 Å². The molecular formula is C52H84NO8+. The zero-order valence-corrected chi connectivity index (χ0v) is 38.8. The average Bonchev–Trinajstić information content (AvgIpc) is 3.22. The van der Waals surface area contributed by atoms with Gasteiger partial charge in [0.15, 0.2) is 6.10 Å². The maximum atomic E-state index is 12.8. The molecule has 0 aliphatic rings. The number of ether oxygens (including phenoxy) is 4. The third kappa shape index (κ3) is 43.8. The highest BCUT2D eigenvalue weighted by Crippen LogP contribution is 2.11. The lowest BCUT2D eigenvalue weighted by molar-refractivity contribution is -0.870. The molecule has 0 saturated heterocycles. The molecular weight excluding hydrogens is 767 g/mol. The summed E-state index contributed by atoms with van der Waals surface area (Å²) in [5.74, 6) is -2.10. The number of carbonyl (C=O) groups excluding carboxylic acids is 2. The van der Waals surface area contributed by atoms with Crippen molar-refractivity contribution in [3.63, 3.8) is 0 Å². The first kappa shape index (κ1) is 57.0. The molecule has 2 atom stereocenters. The monoisotopic (exact) mass is 851 g/mol. The summed E-state index contributed by atoms with van der Waals surface area (Å²) in [6.45, 7) is 4.54. The van der Waals surface area contributed by atoms with Gasteiger partial charge in [-0.05, 0) is 96.3 Å². The number of rotatable bonds is 40. The third-order valence-corrected chi connectivity index (χ3v) is 9.02. The molecule has 1 N–H and O–H groups in total. The summed E-state index contributed by atoms with van der Waals surface area (Å²) in [6, 6.07) is 0. The number of quaternary nitrogens is 1. The second-order valence-corrected chi connectivity index (χ2v) is 15.9. The van der Waals surface area contributed by atoms with E-state index in [9.17, 15) is 19.5 Å². The normalized spacial score (nSPS) is 13.9. The summed E-state index contributed by atoms with van der Waals surface area (Å²) in [6.07, 6.45) is 54.4. The Balaban J connectivity index is 4.51. The minimum atomic E-state index is -1.53. The fraction of sp³-hybridized carbons (Fsp3) is 0.596. The summed E-state index contributed by atoms with van der Waals surface area (Å²) >= 11 is 0. The van der Waals surface area contributed by atoms with Crippen molar-refractivity contribution in [3.05, 3.63) is 109 Å². The zero-order chi connectivity index (χ0) is 44.9. The van der Waals surface area contributed by atoms with Crippen LogP contribution in [-0.4, -0.2) is 87.4 Å². The third-order valence-electron chi connectivity index (χ3n) is 9.02. The number of unbranched alkanes of at least 4 members (excludes halogenated alkanes) is 7. The molecule has 0 saturated carbocycles. The number of carboxylic acids is 1. The molecule has 0 aliphatic carbocycles. The topological polar surface area (TPSA) is 108 Å². The highest BCUT2D eigenvalue weighted by molar-refractivity contribution is 5.71. The smallest absolute Gasteiger partial charge is 0.361 e. The van der Waals surface area contributed by atoms with Gasteiger partial charge in [-0.1, -0.05) is 142 Å². The van der Waals surface area contributed by atoms with Crippen molar-refractivity contribution in [1.82, 2.24) is 0 Å². The Kier molecular flexibility index (Phi) is 39.8. The lowest BCUT2D eigenvalue weighted by Gasteiger charge is -2.25. The Bertz CT molecular complexity index is 1360. The standard InChI is InChI=1S/C52H83NO8/c1-6-8-10-12-14-16-18-20-21-22-23-24-25-26-27-28-29-31-33-35-37-39-41-43-50(55)61-48(47-60-52(51(56)57)58-45-44-53(3,4)5)46-59-49(54)42-40-38-36-34-32-30-19-17-15-13-11-9-7-2/h8-11,14-17,20-21,23-24,26-27,29-32,48,52H,6-7,12-13,18-19,22,25,28,33-47H2,1-5H3/p+1/b10-8-,11-9-,16-14-,17-15-,21-20-,24-23-,27-26-,31-29-,32-30-. The first-order valence-electron chi connectivity index (χ1n) is 23.1. The van der Waals surface area contributed by atoms with Crippen LogP contribution in [0.1, 0.15) is 142 Å². The molecule has 0 aromatic rings. The van der Waals surface area contributed by atoms with E-state index in [0.717, 1.165) is 103 Å². The second-order valence-electron chi connectivity index (χ2n) is 15.9. The van der Waals surface area contributed by atoms with Gasteiger partial charge in [0.2, 0.25) is 0 Å². The number of aliphatic carboxylic acids is 1. The lowest BCUT2D eigenvalue weighted by atomic mass is 10.1. The number of hydrogen-bond donors (Lipinski definition) is 1. The molecule has 2 unspecified atom stereocenters. The summed E-state index contributed by atoms with van der Waals surface area (Å²) < 4.78 is 22.7. The predicted molar refractivity (Wildman–Crippen MR) is 253 cm³/mol. The minimum absolute atomic E-state index is 0.170. The van der Waals surface area contributed by atoms with Gasteiger partial charge in [0.1, 0.15) is 13.2 Å². The van der Waals surface area contributed by atoms with Gasteiger partial charge in [-0.25, -0.2) is 4.79 Å². The van der Waals surface area contributed by atoms with E-state index in [0.29, 0.717) is 23.9 Å². The van der Waals surface area contributed by atoms with Gasteiger partial charge in [-0.15, -0.1) is 0 Å². The van der Waals surface area contributed by atoms with Crippen LogP contribution >= 0.6 is 0 Å². The van der Waals surface area contributed by atoms with Gasteiger partial charge in [-0.2, -0.15) is 0 Å². The number of allylic oxidation sites excluding steroid dienone is 18. The maximum absolute atomic E-state index is 12.8. The highest BCUT2D eigenvalue weighted by Gasteiger charge is 2.25. The van der Waals surface area contributed by atoms with E-state index in [4.69, 9.17) is 18.9 Å². The molecule has 0 rings (SSSR count). The average molecular weight is 851 g/mol. The van der Waals surface area contributed by atoms with Crippen LogP contribution in [-0.2, 0) is 33.3 Å². The Labute approximate surface area is 371 Å². The molecule has 9 heteroatoms. The Morgan fingerprint density at radius 2 is 0.885 bits per heavy atom. The van der Waals surface area contributed by atoms with Crippen molar-refractivity contribution in [2.45, 2.75) is 155 Å². The van der Waals surface area contributed by atoms with Gasteiger partial charge in [0.25, 0.3) is 6.29 Å². The Hall–Kier alpha value is -4.05. The van der Waals surface area contributed by atoms with Crippen LogP contribution in [0.2, 0.25) is 0 Å². The quantitative estimate of drug-likeness (QED) is 0.0213. The van der Waals surface area contributed by atoms with E-state index < -0.39 is 24.3 Å². The number of esters is 2. The first-order valence-corrected chi connectivity index (χ1v) is 23.1. The molecule has 0 aromatic heterocycles. The van der Waals surface area contributed by atoms with Gasteiger partial charge in [0, 0.05) is 12.8 Å². The van der Waals surface area contributed by atoms with E-state index in [2.05, 4.69) is 123 Å². The second kappa shape index (κ2) is 42.6. The molecule has 0 bridgehead atoms. The fourth-order valence-electron chi connectivity index (χ4n) is 5.50. The minimum Gasteiger partial charge on any atom is -0.477 e. The van der Waals surface area contributed by atoms with E-state index >= 15 is 0 Å². The lowest BCUT2D eigenvalue weighted by Crippen LogP contribution is -2.40. The van der Waals surface area contributed by atoms with E-state index in [-0.39, 0.29) is 38.6 Å². The van der Waals surface area contributed by atoms with Crippen molar-refractivity contribution in [3.8, 4) is 0 Å². The molecule has 61 heavy (non-hydrogen) atoms. The number of hydrogen-bond acceptors (Lipinski definition) is 7. The molecule has 0 aliphatic heterocycles. The van der Waals surface area contributed by atoms with Gasteiger partial charge in [-0.3, -0.25) is 9.59 Å².